The van der Waals surface area contributed by atoms with Crippen molar-refractivity contribution < 1.29 is 0 Å². The van der Waals surface area contributed by atoms with E-state index in [1.807, 2.05) is 0 Å². The Kier molecular flexibility index (Phi) is 2.99. The highest BCUT2D eigenvalue weighted by Gasteiger charge is 2.36. The number of nitrogens with zero attached hydrogens (tertiary/aromatic N) is 1. The summed E-state index contributed by atoms with van der Waals surface area (Å²) in [5.74, 6) is 0.978. The van der Waals surface area contributed by atoms with E-state index in [-0.39, 0.29) is 0 Å². The topological polar surface area (TPSA) is 15.3 Å². The summed E-state index contributed by atoms with van der Waals surface area (Å²) in [5.41, 5.74) is 4.73. The Morgan fingerprint density at radius 3 is 3.05 bits per heavy atom. The summed E-state index contributed by atoms with van der Waals surface area (Å²) in [6.45, 7) is 3.50. The van der Waals surface area contributed by atoms with Gasteiger partial charge >= 0.3 is 0 Å². The molecule has 0 amide bonds. The van der Waals surface area contributed by atoms with Crippen LogP contribution in [0.4, 0.5) is 5.69 Å². The van der Waals surface area contributed by atoms with Crippen molar-refractivity contribution >= 4 is 5.69 Å². The molecular weight excluding hydrogens is 232 g/mol. The highest BCUT2D eigenvalue weighted by Crippen LogP contribution is 2.40. The van der Waals surface area contributed by atoms with Gasteiger partial charge in [-0.05, 0) is 55.3 Å². The maximum absolute atomic E-state index is 3.50. The lowest BCUT2D eigenvalue weighted by atomic mass is 9.85. The molecule has 2 unspecified atom stereocenters. The van der Waals surface area contributed by atoms with Gasteiger partial charge in [-0.2, -0.15) is 0 Å². The summed E-state index contributed by atoms with van der Waals surface area (Å²) < 4.78 is 0. The maximum atomic E-state index is 3.50. The molecule has 0 spiro atoms. The molecule has 1 saturated carbocycles. The highest BCUT2D eigenvalue weighted by molar-refractivity contribution is 5.59. The van der Waals surface area contributed by atoms with Crippen molar-refractivity contribution in [3.8, 4) is 0 Å². The van der Waals surface area contributed by atoms with Crippen LogP contribution in [0.15, 0.2) is 18.2 Å². The fourth-order valence-corrected chi connectivity index (χ4v) is 4.49. The van der Waals surface area contributed by atoms with Gasteiger partial charge in [-0.3, -0.25) is 0 Å². The second-order valence-electron chi connectivity index (χ2n) is 6.44. The van der Waals surface area contributed by atoms with Crippen LogP contribution in [-0.2, 0) is 13.0 Å². The van der Waals surface area contributed by atoms with Gasteiger partial charge in [-0.15, -0.1) is 0 Å². The molecule has 2 aliphatic heterocycles. The van der Waals surface area contributed by atoms with Crippen molar-refractivity contribution in [1.82, 2.24) is 5.32 Å². The van der Waals surface area contributed by atoms with E-state index >= 15 is 0 Å². The third-order valence-corrected chi connectivity index (χ3v) is 5.44. The fraction of sp³-hybridized carbons (Fsp3) is 0.647. The van der Waals surface area contributed by atoms with Crippen molar-refractivity contribution in [3.63, 3.8) is 0 Å². The summed E-state index contributed by atoms with van der Waals surface area (Å²) in [6, 6.07) is 7.79. The Labute approximate surface area is 116 Å². The Hall–Kier alpha value is -1.02. The number of fused-ring (bicyclic) bond motifs is 2. The van der Waals surface area contributed by atoms with Gasteiger partial charge in [0.1, 0.15) is 0 Å². The molecule has 1 saturated heterocycles. The Morgan fingerprint density at radius 1 is 1.11 bits per heavy atom. The van der Waals surface area contributed by atoms with E-state index in [9.17, 15) is 0 Å². The molecule has 2 fully saturated rings. The van der Waals surface area contributed by atoms with Gasteiger partial charge in [0, 0.05) is 24.8 Å². The van der Waals surface area contributed by atoms with Crippen molar-refractivity contribution in [2.24, 2.45) is 5.92 Å². The zero-order valence-corrected chi connectivity index (χ0v) is 11.7. The van der Waals surface area contributed by atoms with Crippen LogP contribution >= 0.6 is 0 Å². The first-order chi connectivity index (χ1) is 9.43. The monoisotopic (exact) mass is 256 g/mol. The van der Waals surface area contributed by atoms with E-state index < -0.39 is 0 Å². The quantitative estimate of drug-likeness (QED) is 0.830. The Bertz CT molecular complexity index is 468. The van der Waals surface area contributed by atoms with Gasteiger partial charge in [0.2, 0.25) is 0 Å². The number of anilines is 1. The summed E-state index contributed by atoms with van der Waals surface area (Å²) >= 11 is 0. The van der Waals surface area contributed by atoms with E-state index in [1.54, 1.807) is 11.3 Å². The first kappa shape index (κ1) is 11.8. The predicted molar refractivity (Wildman–Crippen MR) is 79.6 cm³/mol. The molecule has 1 aliphatic carbocycles. The third-order valence-electron chi connectivity index (χ3n) is 5.44. The van der Waals surface area contributed by atoms with Crippen molar-refractivity contribution in [2.45, 2.75) is 51.1 Å². The predicted octanol–water partition coefficient (Wildman–Crippen LogP) is 3.10. The molecule has 0 radical (unpaired) electrons. The molecule has 0 aromatic heterocycles. The number of hydrogen-bond acceptors (Lipinski definition) is 2. The first-order valence-corrected chi connectivity index (χ1v) is 8.01. The van der Waals surface area contributed by atoms with Crippen molar-refractivity contribution in [1.29, 1.82) is 0 Å². The van der Waals surface area contributed by atoms with Crippen molar-refractivity contribution in [2.75, 3.05) is 18.0 Å². The number of hydrogen-bond donors (Lipinski definition) is 1. The Balaban J connectivity index is 1.69. The molecule has 1 aromatic rings. The average molecular weight is 256 g/mol. The molecule has 19 heavy (non-hydrogen) atoms. The van der Waals surface area contributed by atoms with Crippen molar-refractivity contribution in [3.05, 3.63) is 29.3 Å². The van der Waals surface area contributed by atoms with Crippen LogP contribution in [0, 0.1) is 5.92 Å². The fourth-order valence-electron chi connectivity index (χ4n) is 4.49. The summed E-state index contributed by atoms with van der Waals surface area (Å²) in [5, 5.41) is 3.50. The molecular formula is C17H24N2. The second-order valence-corrected chi connectivity index (χ2v) is 6.44. The van der Waals surface area contributed by atoms with Gasteiger partial charge in [-0.1, -0.05) is 25.0 Å². The van der Waals surface area contributed by atoms with E-state index in [4.69, 9.17) is 0 Å². The van der Waals surface area contributed by atoms with Gasteiger partial charge in [0.05, 0.1) is 0 Å². The molecule has 0 bridgehead atoms. The van der Waals surface area contributed by atoms with Gasteiger partial charge in [0.25, 0.3) is 0 Å². The molecule has 2 atom stereocenters. The molecule has 2 heteroatoms. The minimum Gasteiger partial charge on any atom is -0.368 e. The largest absolute Gasteiger partial charge is 0.368 e. The number of nitrogens with one attached hydrogen (secondary N) is 1. The second kappa shape index (κ2) is 4.82. The van der Waals surface area contributed by atoms with Gasteiger partial charge in [-0.25, -0.2) is 0 Å². The molecule has 2 nitrogen and oxygen atoms in total. The van der Waals surface area contributed by atoms with E-state index in [1.165, 1.54) is 50.6 Å². The summed E-state index contributed by atoms with van der Waals surface area (Å²) in [6.07, 6.45) is 8.43. The zero-order chi connectivity index (χ0) is 12.7. The highest BCUT2D eigenvalue weighted by atomic mass is 15.2. The smallest absolute Gasteiger partial charge is 0.0405 e. The normalized spacial score (nSPS) is 30.0. The van der Waals surface area contributed by atoms with Crippen LogP contribution < -0.4 is 10.2 Å². The van der Waals surface area contributed by atoms with E-state index in [2.05, 4.69) is 28.4 Å². The first-order valence-electron chi connectivity index (χ1n) is 8.01. The van der Waals surface area contributed by atoms with E-state index in [0.717, 1.165) is 25.0 Å². The molecule has 3 aliphatic rings. The minimum atomic E-state index is 0.843. The lowest BCUT2D eigenvalue weighted by Gasteiger charge is -2.35. The molecule has 2 heterocycles. The van der Waals surface area contributed by atoms with Crippen LogP contribution in [0.25, 0.3) is 0 Å². The SMILES string of the molecule is c1cc2c(c(N3CCC4CCCCC43)c1)CCNC2. The Morgan fingerprint density at radius 2 is 2.05 bits per heavy atom. The molecule has 1 N–H and O–H groups in total. The summed E-state index contributed by atoms with van der Waals surface area (Å²) in [7, 11) is 0. The van der Waals surface area contributed by atoms with E-state index in [0.29, 0.717) is 0 Å². The van der Waals surface area contributed by atoms with Gasteiger partial charge < -0.3 is 10.2 Å². The van der Waals surface area contributed by atoms with Gasteiger partial charge in [0.15, 0.2) is 0 Å². The van der Waals surface area contributed by atoms with Crippen LogP contribution in [0.5, 0.6) is 0 Å². The van der Waals surface area contributed by atoms with Crippen LogP contribution in [-0.4, -0.2) is 19.1 Å². The molecule has 4 rings (SSSR count). The van der Waals surface area contributed by atoms with Crippen LogP contribution in [0.2, 0.25) is 0 Å². The maximum Gasteiger partial charge on any atom is 0.0405 e. The third kappa shape index (κ3) is 1.97. The lowest BCUT2D eigenvalue weighted by Crippen LogP contribution is -2.36. The van der Waals surface area contributed by atoms with Crippen LogP contribution in [0.3, 0.4) is 0 Å². The molecule has 1 aromatic carbocycles. The standard InChI is InChI=1S/C17H24N2/c1-2-6-16-13(4-1)9-11-19(16)17-7-3-5-14-12-18-10-8-15(14)17/h3,5,7,13,16,18H,1-2,4,6,8-12H2. The minimum absolute atomic E-state index is 0.843. The lowest BCUT2D eigenvalue weighted by molar-refractivity contribution is 0.342. The zero-order valence-electron chi connectivity index (χ0n) is 11.7. The molecule has 102 valence electrons. The van der Waals surface area contributed by atoms with Crippen LogP contribution in [0.1, 0.15) is 43.2 Å². The number of rotatable bonds is 1. The average Bonchev–Trinajstić information content (AvgIpc) is 2.90. The summed E-state index contributed by atoms with van der Waals surface area (Å²) in [4.78, 5) is 2.76. The number of benzene rings is 1.